The molecule has 0 spiro atoms. The van der Waals surface area contributed by atoms with E-state index in [0.29, 0.717) is 35.1 Å². The van der Waals surface area contributed by atoms with Gasteiger partial charge in [-0.2, -0.15) is 4.31 Å². The Labute approximate surface area is 321 Å². The maximum absolute atomic E-state index is 12.9. The normalized spacial score (nSPS) is 19.0. The number of carboxylic acids is 2. The minimum absolute atomic E-state index is 0.0117. The van der Waals surface area contributed by atoms with Crippen LogP contribution in [0.15, 0.2) is 56.4 Å². The fourth-order valence-electron chi connectivity index (χ4n) is 5.14. The summed E-state index contributed by atoms with van der Waals surface area (Å²) in [5.74, 6) is -1.69. The molecule has 0 bridgehead atoms. The monoisotopic (exact) mass is 808 g/mol. The summed E-state index contributed by atoms with van der Waals surface area (Å²) in [5, 5.41) is 16.8. The Balaban J connectivity index is 0.000000382. The first-order valence-corrected chi connectivity index (χ1v) is 20.6. The fraction of sp³-hybridized carbons (Fsp3) is 0.500. The zero-order valence-electron chi connectivity index (χ0n) is 32.3. The van der Waals surface area contributed by atoms with Crippen molar-refractivity contribution in [3.63, 3.8) is 0 Å². The summed E-state index contributed by atoms with van der Waals surface area (Å²) in [6, 6.07) is 8.84. The number of benzene rings is 2. The molecule has 0 amide bonds. The average molecular weight is 809 g/mol. The van der Waals surface area contributed by atoms with Gasteiger partial charge in [0.15, 0.2) is 0 Å². The predicted molar refractivity (Wildman–Crippen MR) is 213 cm³/mol. The van der Waals surface area contributed by atoms with Crippen LogP contribution in [0.4, 0.5) is 0 Å². The lowest BCUT2D eigenvalue weighted by Crippen LogP contribution is -2.33. The first-order valence-electron chi connectivity index (χ1n) is 17.6. The SMILES string of the molecule is CC(C)c1cccc(C(C)C)c1OP(=O)(O)OP(=O)(O)Oc1c(C(C)C)cccc1C(C)C.NC(CC1C=NC=N1)C(=O)O.NC(CC1C=NC=N1)C(=O)O. The third kappa shape index (κ3) is 15.5. The summed E-state index contributed by atoms with van der Waals surface area (Å²) in [7, 11) is -10.0. The number of aliphatic imine (C=N–C) groups is 4. The lowest BCUT2D eigenvalue weighted by molar-refractivity contribution is -0.139. The molecule has 0 fully saturated rings. The Morgan fingerprint density at radius 2 is 0.927 bits per heavy atom. The van der Waals surface area contributed by atoms with E-state index in [9.17, 15) is 28.5 Å². The molecule has 2 aliphatic heterocycles. The van der Waals surface area contributed by atoms with Crippen molar-refractivity contribution < 1.29 is 52.1 Å². The minimum atomic E-state index is -5.02. The molecule has 4 rings (SSSR count). The van der Waals surface area contributed by atoms with E-state index in [0.717, 1.165) is 0 Å². The second kappa shape index (κ2) is 21.3. The summed E-state index contributed by atoms with van der Waals surface area (Å²) in [4.78, 5) is 56.6. The van der Waals surface area contributed by atoms with Gasteiger partial charge < -0.3 is 30.7 Å². The van der Waals surface area contributed by atoms with Gasteiger partial charge in [-0.05, 0) is 45.9 Å². The molecular formula is C36H54N6O11P2. The van der Waals surface area contributed by atoms with Crippen LogP contribution in [0.1, 0.15) is 114 Å². The Morgan fingerprint density at radius 3 is 1.15 bits per heavy atom. The maximum Gasteiger partial charge on any atom is 0.537 e. The molecule has 0 saturated carbocycles. The van der Waals surface area contributed by atoms with Crippen molar-refractivity contribution in [2.45, 2.75) is 116 Å². The van der Waals surface area contributed by atoms with Gasteiger partial charge in [0, 0.05) is 25.3 Å². The van der Waals surface area contributed by atoms with Crippen LogP contribution in [0.5, 0.6) is 11.5 Å². The molecule has 19 heteroatoms. The third-order valence-electron chi connectivity index (χ3n) is 8.05. The molecule has 8 N–H and O–H groups in total. The Morgan fingerprint density at radius 1 is 0.636 bits per heavy atom. The smallest absolute Gasteiger partial charge is 0.480 e. The van der Waals surface area contributed by atoms with Crippen LogP contribution in [0, 0.1) is 0 Å². The van der Waals surface area contributed by atoms with Crippen LogP contribution in [0.2, 0.25) is 0 Å². The third-order valence-corrected chi connectivity index (χ3v) is 10.5. The van der Waals surface area contributed by atoms with Crippen LogP contribution < -0.4 is 20.5 Å². The summed E-state index contributed by atoms with van der Waals surface area (Å²) in [6.45, 7) is 15.4. The first-order chi connectivity index (χ1) is 25.5. The lowest BCUT2D eigenvalue weighted by atomic mass is 9.94. The van der Waals surface area contributed by atoms with E-state index >= 15 is 0 Å². The van der Waals surface area contributed by atoms with E-state index in [1.165, 1.54) is 12.7 Å². The van der Waals surface area contributed by atoms with E-state index in [1.54, 1.807) is 36.7 Å². The van der Waals surface area contributed by atoms with Crippen molar-refractivity contribution in [2.75, 3.05) is 0 Å². The first kappa shape index (κ1) is 47.1. The molecule has 2 heterocycles. The molecule has 17 nitrogen and oxygen atoms in total. The van der Waals surface area contributed by atoms with Crippen molar-refractivity contribution in [2.24, 2.45) is 31.4 Å². The van der Waals surface area contributed by atoms with Gasteiger partial charge in [-0.1, -0.05) is 91.8 Å². The zero-order chi connectivity index (χ0) is 41.7. The quantitative estimate of drug-likeness (QED) is 0.100. The highest BCUT2D eigenvalue weighted by Crippen LogP contribution is 2.61. The maximum atomic E-state index is 12.9. The van der Waals surface area contributed by atoms with Gasteiger partial charge in [-0.3, -0.25) is 29.4 Å². The number of phosphoric ester groups is 2. The second-order valence-corrected chi connectivity index (χ2v) is 16.9. The Hall–Kier alpha value is -4.08. The van der Waals surface area contributed by atoms with Crippen LogP contribution in [0.25, 0.3) is 0 Å². The van der Waals surface area contributed by atoms with Gasteiger partial charge in [0.25, 0.3) is 0 Å². The summed E-state index contributed by atoms with van der Waals surface area (Å²) >= 11 is 0. The molecule has 6 unspecified atom stereocenters. The highest BCUT2D eigenvalue weighted by Gasteiger charge is 2.40. The fourth-order valence-corrected chi connectivity index (χ4v) is 7.33. The molecule has 55 heavy (non-hydrogen) atoms. The van der Waals surface area contributed by atoms with Crippen LogP contribution in [0.3, 0.4) is 0 Å². The second-order valence-electron chi connectivity index (χ2n) is 14.0. The standard InChI is InChI=1S/C24H36O7P2.2C6H9N3O2/c1-15(2)19-11-9-12-20(16(3)4)23(19)29-32(25,26)31-33(27,28)30-24-21(17(5)6)13-10-14-22(24)18(7)8;2*7-5(6(10)11)1-4-2-8-3-9-4/h9-18H,1-8H3,(H,25,26)(H,27,28);2*2-5H,1,7H2,(H,10,11). The molecule has 2 aliphatic rings. The molecular weight excluding hydrogens is 754 g/mol. The number of carboxylic acid groups (broad SMARTS) is 2. The lowest BCUT2D eigenvalue weighted by Gasteiger charge is -2.24. The summed E-state index contributed by atoms with van der Waals surface area (Å²) in [5.41, 5.74) is 13.3. The number of hydrogen-bond donors (Lipinski definition) is 6. The summed E-state index contributed by atoms with van der Waals surface area (Å²) in [6.07, 6.45) is 6.61. The zero-order valence-corrected chi connectivity index (χ0v) is 34.1. The number of hydrogen-bond acceptors (Lipinski definition) is 13. The van der Waals surface area contributed by atoms with E-state index in [-0.39, 0.29) is 47.3 Å². The van der Waals surface area contributed by atoms with Gasteiger partial charge in [-0.15, -0.1) is 0 Å². The molecule has 2 aromatic carbocycles. The van der Waals surface area contributed by atoms with Crippen LogP contribution in [-0.4, -0.2) is 81.2 Å². The molecule has 0 saturated heterocycles. The van der Waals surface area contributed by atoms with Gasteiger partial charge in [-0.25, -0.2) is 19.1 Å². The number of nitrogens with two attached hydrogens (primary N) is 2. The molecule has 304 valence electrons. The Bertz CT molecular complexity index is 1620. The number of aliphatic carboxylic acids is 2. The van der Waals surface area contributed by atoms with E-state index < -0.39 is 39.7 Å². The van der Waals surface area contributed by atoms with Crippen molar-refractivity contribution >= 4 is 52.7 Å². The number of carbonyl (C=O) groups is 2. The number of nitrogens with zero attached hydrogens (tertiary/aromatic N) is 4. The van der Waals surface area contributed by atoms with Crippen molar-refractivity contribution in [1.82, 2.24) is 0 Å². The summed E-state index contributed by atoms with van der Waals surface area (Å²) < 4.78 is 41.3. The van der Waals surface area contributed by atoms with Crippen LogP contribution >= 0.6 is 15.6 Å². The average Bonchev–Trinajstić information content (AvgIpc) is 3.79. The van der Waals surface area contributed by atoms with Crippen LogP contribution in [-0.2, 0) is 23.0 Å². The largest absolute Gasteiger partial charge is 0.537 e. The van der Waals surface area contributed by atoms with Gasteiger partial charge in [0.2, 0.25) is 0 Å². The number of para-hydroxylation sites is 2. The minimum Gasteiger partial charge on any atom is -0.480 e. The molecule has 0 radical (unpaired) electrons. The predicted octanol–water partition coefficient (Wildman–Crippen LogP) is 6.39. The highest BCUT2D eigenvalue weighted by atomic mass is 31.3. The van der Waals surface area contributed by atoms with Crippen molar-refractivity contribution in [1.29, 1.82) is 0 Å². The van der Waals surface area contributed by atoms with E-state index in [1.807, 2.05) is 67.5 Å². The molecule has 6 atom stereocenters. The molecule has 2 aromatic rings. The van der Waals surface area contributed by atoms with E-state index in [2.05, 4.69) is 20.0 Å². The van der Waals surface area contributed by atoms with Crippen molar-refractivity contribution in [3.8, 4) is 11.5 Å². The van der Waals surface area contributed by atoms with E-state index in [4.69, 9.17) is 35.0 Å². The van der Waals surface area contributed by atoms with Gasteiger partial charge in [0.1, 0.15) is 36.3 Å². The topological polar surface area (TPSA) is 278 Å². The molecule has 0 aromatic heterocycles. The highest BCUT2D eigenvalue weighted by molar-refractivity contribution is 7.61. The molecule has 0 aliphatic carbocycles. The van der Waals surface area contributed by atoms with Gasteiger partial charge in [0.05, 0.1) is 12.1 Å². The van der Waals surface area contributed by atoms with Crippen molar-refractivity contribution in [3.05, 3.63) is 58.7 Å². The number of phosphoric acid groups is 2. The Kier molecular flexibility index (Phi) is 18.2. The van der Waals surface area contributed by atoms with Gasteiger partial charge >= 0.3 is 27.6 Å². The number of rotatable bonds is 16.